The molecule has 2 bridgehead atoms. The Morgan fingerprint density at radius 1 is 1.00 bits per heavy atom. The van der Waals surface area contributed by atoms with Gasteiger partial charge in [0, 0.05) is 24.2 Å². The molecule has 1 saturated heterocycles. The molecule has 0 spiro atoms. The lowest BCUT2D eigenvalue weighted by atomic mass is 9.81. The topological polar surface area (TPSA) is 68.8 Å². The molecule has 0 aliphatic carbocycles. The van der Waals surface area contributed by atoms with E-state index in [4.69, 9.17) is 0 Å². The van der Waals surface area contributed by atoms with Crippen molar-refractivity contribution in [3.8, 4) is 16.9 Å². The first kappa shape index (κ1) is 22.4. The van der Waals surface area contributed by atoms with Gasteiger partial charge in [-0.1, -0.05) is 6.07 Å². The molecule has 0 saturated carbocycles. The van der Waals surface area contributed by atoms with Crippen LogP contribution in [0.2, 0.25) is 0 Å². The zero-order valence-electron chi connectivity index (χ0n) is 19.1. The third kappa shape index (κ3) is 3.33. The highest BCUT2D eigenvalue weighted by Gasteiger charge is 2.44. The molecule has 4 aromatic rings. The molecule has 0 radical (unpaired) electrons. The first-order valence-corrected chi connectivity index (χ1v) is 11.5. The number of nitrogens with zero attached hydrogens (tertiary/aromatic N) is 6. The lowest BCUT2D eigenvalue weighted by molar-refractivity contribution is 0.0391. The van der Waals surface area contributed by atoms with Gasteiger partial charge in [0.05, 0.1) is 35.4 Å². The van der Waals surface area contributed by atoms with E-state index < -0.39 is 29.3 Å². The zero-order valence-corrected chi connectivity index (χ0v) is 19.1. The van der Waals surface area contributed by atoms with Crippen molar-refractivity contribution in [1.29, 1.82) is 0 Å². The number of aryl methyl sites for hydroxylation is 1. The molecule has 6 rings (SSSR count). The minimum atomic E-state index is -1.53. The number of para-hydroxylation sites is 1. The molecule has 2 aromatic heterocycles. The van der Waals surface area contributed by atoms with Gasteiger partial charge in [-0.2, -0.15) is 15.3 Å². The quantitative estimate of drug-likeness (QED) is 0.309. The molecule has 184 valence electrons. The number of hydrogen-bond donors (Lipinski definition) is 0. The highest BCUT2D eigenvalue weighted by molar-refractivity contribution is 5.98. The highest BCUT2D eigenvalue weighted by Crippen LogP contribution is 2.45. The molecule has 36 heavy (non-hydrogen) atoms. The molecular formula is C25H20F4N6O. The summed E-state index contributed by atoms with van der Waals surface area (Å²) in [6.45, 7) is 0. The van der Waals surface area contributed by atoms with Gasteiger partial charge >= 0.3 is 0 Å². The van der Waals surface area contributed by atoms with Crippen molar-refractivity contribution < 1.29 is 22.4 Å². The summed E-state index contributed by atoms with van der Waals surface area (Å²) in [6.07, 6.45) is 5.39. The second-order valence-corrected chi connectivity index (χ2v) is 9.06. The molecule has 11 heteroatoms. The van der Waals surface area contributed by atoms with Gasteiger partial charge in [-0.05, 0) is 49.9 Å². The smallest absolute Gasteiger partial charge is 0.257 e. The number of aromatic nitrogens is 5. The molecule has 0 N–H and O–H groups in total. The van der Waals surface area contributed by atoms with Gasteiger partial charge < -0.3 is 4.90 Å². The molecule has 1 amide bonds. The maximum Gasteiger partial charge on any atom is 0.257 e. The van der Waals surface area contributed by atoms with Crippen LogP contribution in [0.15, 0.2) is 42.7 Å². The van der Waals surface area contributed by atoms with E-state index in [0.717, 1.165) is 28.9 Å². The van der Waals surface area contributed by atoms with E-state index >= 15 is 0 Å². The average Bonchev–Trinajstić information content (AvgIpc) is 3.49. The predicted molar refractivity (Wildman–Crippen MR) is 120 cm³/mol. The van der Waals surface area contributed by atoms with Crippen LogP contribution in [-0.2, 0) is 13.5 Å². The summed E-state index contributed by atoms with van der Waals surface area (Å²) in [5, 5.41) is 12.6. The monoisotopic (exact) mass is 496 g/mol. The summed E-state index contributed by atoms with van der Waals surface area (Å²) in [7, 11) is 1.65. The fraction of sp³-hybridized carbons (Fsp3) is 0.280. The van der Waals surface area contributed by atoms with E-state index in [-0.39, 0.29) is 28.8 Å². The largest absolute Gasteiger partial charge is 0.327 e. The van der Waals surface area contributed by atoms with Gasteiger partial charge in [0.25, 0.3) is 5.91 Å². The second-order valence-electron chi connectivity index (χ2n) is 9.06. The van der Waals surface area contributed by atoms with Gasteiger partial charge in [0.15, 0.2) is 23.3 Å². The van der Waals surface area contributed by atoms with Crippen molar-refractivity contribution in [1.82, 2.24) is 29.7 Å². The fourth-order valence-corrected chi connectivity index (χ4v) is 5.56. The van der Waals surface area contributed by atoms with Crippen molar-refractivity contribution in [3.63, 3.8) is 0 Å². The van der Waals surface area contributed by atoms with Crippen LogP contribution in [0.1, 0.15) is 46.9 Å². The Hall–Kier alpha value is -4.02. The number of piperidine rings is 1. The summed E-state index contributed by atoms with van der Waals surface area (Å²) >= 11 is 0. The number of carbonyl (C=O) groups excluding carboxylic acids is 1. The maximum atomic E-state index is 14.8. The Bertz CT molecular complexity index is 1480. The summed E-state index contributed by atoms with van der Waals surface area (Å²) in [5.74, 6) is -5.08. The van der Waals surface area contributed by atoms with Crippen LogP contribution < -0.4 is 0 Å². The lowest BCUT2D eigenvalue weighted by Gasteiger charge is -2.45. The molecule has 2 aromatic carbocycles. The van der Waals surface area contributed by atoms with Gasteiger partial charge in [0.1, 0.15) is 5.69 Å². The Morgan fingerprint density at radius 2 is 1.72 bits per heavy atom. The minimum Gasteiger partial charge on any atom is -0.327 e. The average molecular weight is 496 g/mol. The molecular weight excluding hydrogens is 476 g/mol. The highest BCUT2D eigenvalue weighted by atomic mass is 19.2. The number of halogens is 4. The second kappa shape index (κ2) is 8.28. The normalized spacial score (nSPS) is 18.9. The van der Waals surface area contributed by atoms with E-state index in [2.05, 4.69) is 15.3 Å². The van der Waals surface area contributed by atoms with Crippen LogP contribution in [0, 0.1) is 23.3 Å². The molecule has 2 aliphatic heterocycles. The van der Waals surface area contributed by atoms with Crippen LogP contribution in [0.25, 0.3) is 16.9 Å². The standard InChI is InChI=1S/C25H20F4N6O/c1-33-23(13-10-18(27)21(29)19(28)11-13)16-12-14-4-2-7-20(22(16)32-33)34(14)25(36)15-5-3-6-17(26)24(15)35-30-8-9-31-35/h3,5-6,8-11,14,20H,2,4,7,12H2,1H3. The number of benzene rings is 2. The Kier molecular flexibility index (Phi) is 5.16. The van der Waals surface area contributed by atoms with Gasteiger partial charge in [-0.15, -0.1) is 4.80 Å². The molecule has 2 atom stereocenters. The predicted octanol–water partition coefficient (Wildman–Crippen LogP) is 4.52. The summed E-state index contributed by atoms with van der Waals surface area (Å²) < 4.78 is 58.0. The Labute approximate surface area is 202 Å². The Balaban J connectivity index is 1.45. The Morgan fingerprint density at radius 3 is 2.44 bits per heavy atom. The number of fused-ring (bicyclic) bond motifs is 4. The number of hydrogen-bond acceptors (Lipinski definition) is 4. The fourth-order valence-electron chi connectivity index (χ4n) is 5.56. The summed E-state index contributed by atoms with van der Waals surface area (Å²) in [5.41, 5.74) is 2.16. The van der Waals surface area contributed by atoms with Gasteiger partial charge in [-0.3, -0.25) is 9.48 Å². The molecule has 4 heterocycles. The van der Waals surface area contributed by atoms with Crippen molar-refractivity contribution >= 4 is 5.91 Å². The van der Waals surface area contributed by atoms with Crippen LogP contribution in [0.5, 0.6) is 0 Å². The third-order valence-corrected chi connectivity index (χ3v) is 7.00. The first-order chi connectivity index (χ1) is 17.3. The minimum absolute atomic E-state index is 0.0321. The number of amides is 1. The van der Waals surface area contributed by atoms with Crippen LogP contribution in [-0.4, -0.2) is 41.6 Å². The summed E-state index contributed by atoms with van der Waals surface area (Å²) in [6, 6.07) is 5.54. The molecule has 7 nitrogen and oxygen atoms in total. The van der Waals surface area contributed by atoms with Gasteiger partial charge in [0.2, 0.25) is 0 Å². The number of rotatable bonds is 3. The summed E-state index contributed by atoms with van der Waals surface area (Å²) in [4.78, 5) is 16.7. The van der Waals surface area contributed by atoms with Crippen molar-refractivity contribution in [2.75, 3.05) is 0 Å². The van der Waals surface area contributed by atoms with Crippen molar-refractivity contribution in [2.24, 2.45) is 7.05 Å². The van der Waals surface area contributed by atoms with E-state index in [0.29, 0.717) is 30.7 Å². The lowest BCUT2D eigenvalue weighted by Crippen LogP contribution is -2.50. The van der Waals surface area contributed by atoms with E-state index in [1.54, 1.807) is 18.0 Å². The number of carbonyl (C=O) groups is 1. The van der Waals surface area contributed by atoms with Crippen molar-refractivity contribution in [2.45, 2.75) is 37.8 Å². The van der Waals surface area contributed by atoms with E-state index in [9.17, 15) is 22.4 Å². The molecule has 1 fully saturated rings. The van der Waals surface area contributed by atoms with E-state index in [1.165, 1.54) is 29.2 Å². The van der Waals surface area contributed by atoms with Crippen LogP contribution in [0.4, 0.5) is 17.6 Å². The van der Waals surface area contributed by atoms with Crippen molar-refractivity contribution in [3.05, 3.63) is 82.8 Å². The molecule has 2 aliphatic rings. The SMILES string of the molecule is Cn1nc2c(c1-c1cc(F)c(F)c(F)c1)CC1CCCC2N1C(=O)c1cccc(F)c1-n1nccn1. The third-order valence-electron chi connectivity index (χ3n) is 7.00. The first-order valence-electron chi connectivity index (χ1n) is 11.5. The van der Waals surface area contributed by atoms with Crippen LogP contribution >= 0.6 is 0 Å². The maximum absolute atomic E-state index is 14.8. The van der Waals surface area contributed by atoms with Crippen LogP contribution in [0.3, 0.4) is 0 Å². The zero-order chi connectivity index (χ0) is 25.1. The van der Waals surface area contributed by atoms with E-state index in [1.807, 2.05) is 0 Å². The molecule has 2 unspecified atom stereocenters. The van der Waals surface area contributed by atoms with Gasteiger partial charge in [-0.25, -0.2) is 17.6 Å².